The van der Waals surface area contributed by atoms with Crippen molar-refractivity contribution in [2.24, 2.45) is 0 Å². The lowest BCUT2D eigenvalue weighted by Gasteiger charge is -1.99. The Hall–Kier alpha value is -3.05. The van der Waals surface area contributed by atoms with Crippen molar-refractivity contribution in [3.8, 4) is 29.7 Å². The molecule has 1 aromatic carbocycles. The van der Waals surface area contributed by atoms with Crippen LogP contribution in [0.4, 0.5) is 5.88 Å². The summed E-state index contributed by atoms with van der Waals surface area (Å²) in [6, 6.07) is 9.49. The molecule has 0 amide bonds. The molecule has 0 fully saturated rings. The molecule has 0 N–H and O–H groups in total. The Labute approximate surface area is 102 Å². The minimum Gasteiger partial charge on any atom is -0.401 e. The molecule has 0 bridgehead atoms. The number of benzene rings is 1. The number of nitro groups is 1. The zero-order valence-corrected chi connectivity index (χ0v) is 9.08. The van der Waals surface area contributed by atoms with E-state index in [1.54, 1.807) is 18.2 Å². The first-order chi connectivity index (χ1) is 8.65. The van der Waals surface area contributed by atoms with Crippen LogP contribution in [-0.2, 0) is 0 Å². The summed E-state index contributed by atoms with van der Waals surface area (Å²) in [5.74, 6) is 2.39. The first-order valence-electron chi connectivity index (χ1n) is 4.91. The summed E-state index contributed by atoms with van der Waals surface area (Å²) in [6.07, 6.45) is 5.29. The van der Waals surface area contributed by atoms with Crippen molar-refractivity contribution in [1.82, 2.24) is 0 Å². The van der Waals surface area contributed by atoms with Crippen molar-refractivity contribution < 1.29 is 9.34 Å². The fourth-order valence-corrected chi connectivity index (χ4v) is 1.50. The van der Waals surface area contributed by atoms with Crippen LogP contribution in [0.3, 0.4) is 0 Å². The van der Waals surface area contributed by atoms with E-state index in [-0.39, 0.29) is 5.88 Å². The number of hydrogen-bond acceptors (Lipinski definition) is 4. The third-order valence-corrected chi connectivity index (χ3v) is 2.35. The normalized spacial score (nSPS) is 9.44. The maximum absolute atomic E-state index is 10.5. The smallest absolute Gasteiger partial charge is 0.401 e. The molecule has 5 heteroatoms. The highest BCUT2D eigenvalue weighted by Crippen LogP contribution is 2.27. The topological polar surface area (TPSA) is 80.1 Å². The maximum atomic E-state index is 10.5. The Kier molecular flexibility index (Phi) is 2.82. The van der Waals surface area contributed by atoms with E-state index in [2.05, 4.69) is 5.92 Å². The largest absolute Gasteiger partial charge is 0.433 e. The second kappa shape index (κ2) is 4.44. The number of furan rings is 1. The van der Waals surface area contributed by atoms with E-state index in [1.807, 2.05) is 6.07 Å². The summed E-state index contributed by atoms with van der Waals surface area (Å²) in [4.78, 5) is 9.89. The fraction of sp³-hybridized carbons (Fsp3) is 0. The van der Waals surface area contributed by atoms with Gasteiger partial charge in [-0.15, -0.1) is 6.42 Å². The first-order valence-corrected chi connectivity index (χ1v) is 4.91. The van der Waals surface area contributed by atoms with Gasteiger partial charge in [0.2, 0.25) is 0 Å². The molecule has 0 saturated heterocycles. The van der Waals surface area contributed by atoms with Crippen LogP contribution in [0, 0.1) is 33.8 Å². The summed E-state index contributed by atoms with van der Waals surface area (Å²) in [5.41, 5.74) is 1.39. The van der Waals surface area contributed by atoms with E-state index in [1.165, 1.54) is 12.1 Å². The van der Waals surface area contributed by atoms with E-state index >= 15 is 0 Å². The van der Waals surface area contributed by atoms with Gasteiger partial charge in [-0.3, -0.25) is 10.1 Å². The van der Waals surface area contributed by atoms with E-state index in [0.717, 1.165) is 0 Å². The molecule has 0 aliphatic carbocycles. The average molecular weight is 238 g/mol. The van der Waals surface area contributed by atoms with Gasteiger partial charge in [-0.1, -0.05) is 5.92 Å². The van der Waals surface area contributed by atoms with Crippen molar-refractivity contribution in [3.63, 3.8) is 0 Å². The van der Waals surface area contributed by atoms with Crippen molar-refractivity contribution >= 4 is 5.88 Å². The Morgan fingerprint density at radius 1 is 1.28 bits per heavy atom. The van der Waals surface area contributed by atoms with Crippen LogP contribution in [0.1, 0.15) is 11.1 Å². The monoisotopic (exact) mass is 238 g/mol. The first kappa shape index (κ1) is 11.4. The van der Waals surface area contributed by atoms with Crippen molar-refractivity contribution in [2.75, 3.05) is 0 Å². The Morgan fingerprint density at radius 3 is 2.61 bits per heavy atom. The summed E-state index contributed by atoms with van der Waals surface area (Å²) in [6.45, 7) is 0. The van der Waals surface area contributed by atoms with Gasteiger partial charge in [0.25, 0.3) is 0 Å². The zero-order chi connectivity index (χ0) is 13.1. The van der Waals surface area contributed by atoms with Crippen molar-refractivity contribution in [3.05, 3.63) is 51.6 Å². The van der Waals surface area contributed by atoms with Gasteiger partial charge >= 0.3 is 5.88 Å². The molecule has 0 aliphatic heterocycles. The molecule has 5 nitrogen and oxygen atoms in total. The van der Waals surface area contributed by atoms with Crippen LogP contribution in [0.5, 0.6) is 0 Å². The Bertz CT molecular complexity index is 702. The average Bonchev–Trinajstić information content (AvgIpc) is 2.87. The Morgan fingerprint density at radius 2 is 2.06 bits per heavy atom. The molecule has 2 aromatic rings. The predicted molar refractivity (Wildman–Crippen MR) is 63.4 cm³/mol. The second-order valence-corrected chi connectivity index (χ2v) is 3.41. The number of rotatable bonds is 2. The van der Waals surface area contributed by atoms with Gasteiger partial charge in [0.1, 0.15) is 16.8 Å². The summed E-state index contributed by atoms with van der Waals surface area (Å²) in [5, 5.41) is 19.3. The molecule has 0 unspecified atom stereocenters. The molecule has 0 saturated carbocycles. The standard InChI is InChI=1S/C13H6N2O3/c1-2-9-7-10(3-4-11(9)8-14)12-5-6-13(18-12)15(16)17/h1,3-7H. The summed E-state index contributed by atoms with van der Waals surface area (Å²) in [7, 11) is 0. The van der Waals surface area contributed by atoms with Gasteiger partial charge < -0.3 is 4.42 Å². The fourth-order valence-electron chi connectivity index (χ4n) is 1.50. The molecule has 0 spiro atoms. The third-order valence-electron chi connectivity index (χ3n) is 2.35. The van der Waals surface area contributed by atoms with E-state index < -0.39 is 4.92 Å². The van der Waals surface area contributed by atoms with E-state index in [0.29, 0.717) is 22.5 Å². The number of terminal acetylenes is 1. The van der Waals surface area contributed by atoms with Crippen LogP contribution in [-0.4, -0.2) is 4.92 Å². The van der Waals surface area contributed by atoms with Crippen LogP contribution in [0.25, 0.3) is 11.3 Å². The zero-order valence-electron chi connectivity index (χ0n) is 9.08. The molecular formula is C13H6N2O3. The van der Waals surface area contributed by atoms with Crippen molar-refractivity contribution in [1.29, 1.82) is 5.26 Å². The molecule has 86 valence electrons. The molecule has 1 heterocycles. The number of nitriles is 1. The van der Waals surface area contributed by atoms with Crippen LogP contribution < -0.4 is 0 Å². The molecule has 1 aromatic heterocycles. The highest BCUT2D eigenvalue weighted by Gasteiger charge is 2.13. The molecule has 2 rings (SSSR count). The Balaban J connectivity index is 2.49. The van der Waals surface area contributed by atoms with E-state index in [9.17, 15) is 10.1 Å². The van der Waals surface area contributed by atoms with Gasteiger partial charge in [-0.05, 0) is 24.3 Å². The van der Waals surface area contributed by atoms with Gasteiger partial charge in [0.15, 0.2) is 0 Å². The lowest BCUT2D eigenvalue weighted by Crippen LogP contribution is -1.85. The third kappa shape index (κ3) is 1.93. The lowest BCUT2D eigenvalue weighted by molar-refractivity contribution is -0.401. The molecule has 0 radical (unpaired) electrons. The number of nitrogens with zero attached hydrogens (tertiary/aromatic N) is 2. The minimum absolute atomic E-state index is 0.336. The van der Waals surface area contributed by atoms with Gasteiger partial charge in [-0.2, -0.15) is 5.26 Å². The van der Waals surface area contributed by atoms with Crippen molar-refractivity contribution in [2.45, 2.75) is 0 Å². The van der Waals surface area contributed by atoms with Gasteiger partial charge in [-0.25, -0.2) is 0 Å². The van der Waals surface area contributed by atoms with Gasteiger partial charge in [0.05, 0.1) is 11.6 Å². The molecule has 0 atom stereocenters. The number of hydrogen-bond donors (Lipinski definition) is 0. The molecule has 0 aliphatic rings. The highest BCUT2D eigenvalue weighted by atomic mass is 16.6. The van der Waals surface area contributed by atoms with Gasteiger partial charge in [0, 0.05) is 11.1 Å². The second-order valence-electron chi connectivity index (χ2n) is 3.41. The minimum atomic E-state index is -0.616. The maximum Gasteiger partial charge on any atom is 0.433 e. The van der Waals surface area contributed by atoms with Crippen LogP contribution in [0.15, 0.2) is 34.7 Å². The van der Waals surface area contributed by atoms with E-state index in [4.69, 9.17) is 16.1 Å². The SMILES string of the molecule is C#Cc1cc(-c2ccc([N+](=O)[O-])o2)ccc1C#N. The predicted octanol–water partition coefficient (Wildman–Crippen LogP) is 2.71. The lowest BCUT2D eigenvalue weighted by atomic mass is 10.0. The highest BCUT2D eigenvalue weighted by molar-refractivity contribution is 5.64. The van der Waals surface area contributed by atoms with Crippen LogP contribution >= 0.6 is 0 Å². The molecular weight excluding hydrogens is 232 g/mol. The van der Waals surface area contributed by atoms with Crippen LogP contribution in [0.2, 0.25) is 0 Å². The quantitative estimate of drug-likeness (QED) is 0.457. The summed E-state index contributed by atoms with van der Waals surface area (Å²) >= 11 is 0. The summed E-state index contributed by atoms with van der Waals surface area (Å²) < 4.78 is 5.05. The molecule has 18 heavy (non-hydrogen) atoms.